The van der Waals surface area contributed by atoms with Gasteiger partial charge in [0.2, 0.25) is 5.91 Å². The van der Waals surface area contributed by atoms with Gasteiger partial charge in [-0.1, -0.05) is 94.5 Å². The van der Waals surface area contributed by atoms with Gasteiger partial charge in [-0.15, -0.1) is 11.6 Å². The van der Waals surface area contributed by atoms with Crippen molar-refractivity contribution in [2.75, 3.05) is 10.8 Å². The molecule has 0 heterocycles. The fraction of sp³-hybridized carbons (Fsp3) is 0.406. The maximum atomic E-state index is 12.5. The number of rotatable bonds is 9. The maximum Gasteiger partial charge on any atom is 0.373 e. The standard InChI is InChI=1S/C32H38BClNO3/c34-24-32(36)35(25-26-12-8-7-9-13-26)28-16-18-29(19-17-28)37-30-20-22-31(23-21-30)38-33-27-14-10-5-3-1-2-4-6-11-15-27/h7-9,12-13,16-23,27H,1-6,10-11,14-15,24-25H2. The second kappa shape index (κ2) is 15.5. The molecule has 3 aromatic carbocycles. The van der Waals surface area contributed by atoms with Crippen LogP contribution >= 0.6 is 11.6 Å². The Morgan fingerprint density at radius 1 is 0.737 bits per heavy atom. The number of alkyl halides is 1. The summed E-state index contributed by atoms with van der Waals surface area (Å²) in [6.45, 7) is 0.464. The van der Waals surface area contributed by atoms with Crippen LogP contribution in [0.5, 0.6) is 17.2 Å². The summed E-state index contributed by atoms with van der Waals surface area (Å²) in [6, 6.07) is 25.1. The lowest BCUT2D eigenvalue weighted by Crippen LogP contribution is -2.31. The largest absolute Gasteiger partial charge is 0.563 e. The SMILES string of the molecule is O=C(CCl)N(Cc1ccccc1)c1ccc(Oc2ccc(O[B]C3CCCCCCCCCC3)cc2)cc1. The Morgan fingerprint density at radius 2 is 1.26 bits per heavy atom. The van der Waals surface area contributed by atoms with Crippen LogP contribution in [0.2, 0.25) is 5.82 Å². The fourth-order valence-electron chi connectivity index (χ4n) is 4.91. The van der Waals surface area contributed by atoms with Gasteiger partial charge in [0.1, 0.15) is 17.4 Å². The van der Waals surface area contributed by atoms with Gasteiger partial charge < -0.3 is 14.3 Å². The van der Waals surface area contributed by atoms with Gasteiger partial charge in [0.15, 0.2) is 0 Å². The van der Waals surface area contributed by atoms with Crippen LogP contribution in [0.1, 0.15) is 69.8 Å². The van der Waals surface area contributed by atoms with Crippen molar-refractivity contribution in [3.63, 3.8) is 0 Å². The molecule has 4 nitrogen and oxygen atoms in total. The van der Waals surface area contributed by atoms with Gasteiger partial charge >= 0.3 is 7.48 Å². The van der Waals surface area contributed by atoms with Gasteiger partial charge in [-0.25, -0.2) is 0 Å². The molecule has 0 aliphatic heterocycles. The van der Waals surface area contributed by atoms with Gasteiger partial charge in [-0.3, -0.25) is 4.79 Å². The molecule has 0 N–H and O–H groups in total. The van der Waals surface area contributed by atoms with Gasteiger partial charge in [0.25, 0.3) is 0 Å². The highest BCUT2D eigenvalue weighted by atomic mass is 35.5. The summed E-state index contributed by atoms with van der Waals surface area (Å²) < 4.78 is 12.1. The first-order chi connectivity index (χ1) is 18.7. The lowest BCUT2D eigenvalue weighted by Gasteiger charge is -2.22. The van der Waals surface area contributed by atoms with Crippen molar-refractivity contribution in [3.05, 3.63) is 84.4 Å². The van der Waals surface area contributed by atoms with E-state index in [1.54, 1.807) is 4.90 Å². The van der Waals surface area contributed by atoms with Crippen LogP contribution in [-0.2, 0) is 11.3 Å². The molecule has 0 bridgehead atoms. The third-order valence-corrected chi connectivity index (χ3v) is 7.33. The second-order valence-electron chi connectivity index (χ2n) is 10.1. The molecule has 0 unspecified atom stereocenters. The lowest BCUT2D eigenvalue weighted by molar-refractivity contribution is -0.116. The van der Waals surface area contributed by atoms with E-state index in [4.69, 9.17) is 21.0 Å². The highest BCUT2D eigenvalue weighted by Gasteiger charge is 2.16. The molecule has 1 aliphatic rings. The normalized spacial score (nSPS) is 15.2. The zero-order chi connectivity index (χ0) is 26.4. The summed E-state index contributed by atoms with van der Waals surface area (Å²) in [4.78, 5) is 14.2. The molecule has 1 fully saturated rings. The van der Waals surface area contributed by atoms with E-state index in [1.807, 2.05) is 78.9 Å². The van der Waals surface area contributed by atoms with E-state index < -0.39 is 0 Å². The summed E-state index contributed by atoms with van der Waals surface area (Å²) in [5, 5.41) is 0. The number of benzene rings is 3. The van der Waals surface area contributed by atoms with Crippen molar-refractivity contribution in [1.82, 2.24) is 0 Å². The predicted octanol–water partition coefficient (Wildman–Crippen LogP) is 8.95. The molecule has 1 radical (unpaired) electrons. The third kappa shape index (κ3) is 9.13. The Kier molecular flexibility index (Phi) is 11.5. The fourth-order valence-corrected chi connectivity index (χ4v) is 5.05. The number of carbonyl (C=O) groups is 1. The van der Waals surface area contributed by atoms with E-state index in [0.29, 0.717) is 18.1 Å². The average Bonchev–Trinajstić information content (AvgIpc) is 3.02. The van der Waals surface area contributed by atoms with Crippen molar-refractivity contribution in [2.45, 2.75) is 76.6 Å². The van der Waals surface area contributed by atoms with Gasteiger partial charge in [0, 0.05) is 5.69 Å². The van der Waals surface area contributed by atoms with Crippen LogP contribution in [0.15, 0.2) is 78.9 Å². The van der Waals surface area contributed by atoms with Gasteiger partial charge in [-0.05, 0) is 59.9 Å². The minimum Gasteiger partial charge on any atom is -0.563 e. The topological polar surface area (TPSA) is 38.8 Å². The molecule has 0 spiro atoms. The Hall–Kier alpha value is -2.92. The van der Waals surface area contributed by atoms with Gasteiger partial charge in [-0.2, -0.15) is 0 Å². The summed E-state index contributed by atoms with van der Waals surface area (Å²) in [5.74, 6) is 2.57. The minimum atomic E-state index is -0.141. The molecule has 1 aliphatic carbocycles. The summed E-state index contributed by atoms with van der Waals surface area (Å²) in [5.41, 5.74) is 1.82. The zero-order valence-corrected chi connectivity index (χ0v) is 23.0. The molecule has 4 rings (SSSR count). The molecule has 3 aromatic rings. The summed E-state index contributed by atoms with van der Waals surface area (Å²) in [6.07, 6.45) is 13.2. The molecule has 0 atom stereocenters. The van der Waals surface area contributed by atoms with Crippen LogP contribution in [0.25, 0.3) is 0 Å². The molecule has 199 valence electrons. The third-order valence-electron chi connectivity index (χ3n) is 7.10. The molecule has 1 saturated carbocycles. The minimum absolute atomic E-state index is 0.0717. The molecule has 0 aromatic heterocycles. The summed E-state index contributed by atoms with van der Waals surface area (Å²) >= 11 is 5.88. The Morgan fingerprint density at radius 3 is 1.84 bits per heavy atom. The van der Waals surface area contributed by atoms with E-state index in [0.717, 1.165) is 22.7 Å². The first kappa shape index (κ1) is 28.1. The van der Waals surface area contributed by atoms with E-state index in [2.05, 4.69) is 7.48 Å². The Labute approximate surface area is 233 Å². The summed E-state index contributed by atoms with van der Waals surface area (Å²) in [7, 11) is 2.05. The number of anilines is 1. The van der Waals surface area contributed by atoms with E-state index >= 15 is 0 Å². The quantitative estimate of drug-likeness (QED) is 0.205. The van der Waals surface area contributed by atoms with Crippen molar-refractivity contribution in [3.8, 4) is 17.2 Å². The predicted molar refractivity (Wildman–Crippen MR) is 158 cm³/mol. The zero-order valence-electron chi connectivity index (χ0n) is 22.2. The number of amides is 1. The Bertz CT molecular complexity index is 1080. The number of ether oxygens (including phenoxy) is 1. The molecule has 0 saturated heterocycles. The van der Waals surface area contributed by atoms with Crippen molar-refractivity contribution >= 4 is 30.7 Å². The lowest BCUT2D eigenvalue weighted by atomic mass is 9.73. The molecule has 1 amide bonds. The first-order valence-corrected chi connectivity index (χ1v) is 14.5. The van der Waals surface area contributed by atoms with E-state index in [-0.39, 0.29) is 11.8 Å². The molecular weight excluding hydrogens is 493 g/mol. The van der Waals surface area contributed by atoms with Crippen LogP contribution in [0, 0.1) is 0 Å². The van der Waals surface area contributed by atoms with E-state index in [9.17, 15) is 4.79 Å². The average molecular weight is 531 g/mol. The number of hydrogen-bond acceptors (Lipinski definition) is 3. The maximum absolute atomic E-state index is 12.5. The number of hydrogen-bond donors (Lipinski definition) is 0. The number of halogens is 1. The highest BCUT2D eigenvalue weighted by Crippen LogP contribution is 2.29. The first-order valence-electron chi connectivity index (χ1n) is 14.0. The van der Waals surface area contributed by atoms with Crippen LogP contribution in [0.3, 0.4) is 0 Å². The van der Waals surface area contributed by atoms with Crippen molar-refractivity contribution < 1.29 is 14.2 Å². The van der Waals surface area contributed by atoms with Gasteiger partial charge in [0.05, 0.1) is 12.3 Å². The molecule has 6 heteroatoms. The smallest absolute Gasteiger partial charge is 0.373 e. The van der Waals surface area contributed by atoms with Crippen LogP contribution in [-0.4, -0.2) is 19.3 Å². The van der Waals surface area contributed by atoms with Crippen molar-refractivity contribution in [2.24, 2.45) is 0 Å². The highest BCUT2D eigenvalue weighted by molar-refractivity contribution is 6.30. The molecule has 38 heavy (non-hydrogen) atoms. The number of carbonyl (C=O) groups excluding carboxylic acids is 1. The number of nitrogens with zero attached hydrogens (tertiary/aromatic N) is 1. The second-order valence-corrected chi connectivity index (χ2v) is 10.4. The Balaban J connectivity index is 1.30. The van der Waals surface area contributed by atoms with Crippen molar-refractivity contribution in [1.29, 1.82) is 0 Å². The van der Waals surface area contributed by atoms with E-state index in [1.165, 1.54) is 64.2 Å². The van der Waals surface area contributed by atoms with Crippen LogP contribution in [0.4, 0.5) is 5.69 Å². The monoisotopic (exact) mass is 530 g/mol. The molecular formula is C32H38BClNO3. The van der Waals surface area contributed by atoms with Crippen LogP contribution < -0.4 is 14.3 Å².